The summed E-state index contributed by atoms with van der Waals surface area (Å²) in [5.74, 6) is -1.91. The Hall–Kier alpha value is -4.26. The molecule has 7 nitrogen and oxygen atoms in total. The monoisotopic (exact) mass is 529 g/mol. The molecule has 39 heavy (non-hydrogen) atoms. The SMILES string of the molecule is Cc1c(C)c(C)c(C(=O)O)c(C)c1C.Cc1c(C)c(C)c(C(=O)[O-])c(C)c1C.c1cc(-c2cc[nH+]cc2)[nH]n1. The van der Waals surface area contributed by atoms with Crippen molar-refractivity contribution in [2.45, 2.75) is 69.2 Å². The number of aromatic amines is 2. The van der Waals surface area contributed by atoms with Crippen LogP contribution in [-0.2, 0) is 0 Å². The highest BCUT2D eigenvalue weighted by atomic mass is 16.4. The average molecular weight is 530 g/mol. The summed E-state index contributed by atoms with van der Waals surface area (Å²) in [4.78, 5) is 25.0. The van der Waals surface area contributed by atoms with Crippen LogP contribution >= 0.6 is 0 Å². The van der Waals surface area contributed by atoms with Gasteiger partial charge in [-0.25, -0.2) is 9.78 Å². The van der Waals surface area contributed by atoms with Crippen LogP contribution in [0.3, 0.4) is 0 Å². The molecule has 3 N–H and O–H groups in total. The number of rotatable bonds is 3. The van der Waals surface area contributed by atoms with Gasteiger partial charge < -0.3 is 15.0 Å². The van der Waals surface area contributed by atoms with Crippen LogP contribution in [0, 0.1) is 69.2 Å². The highest BCUT2D eigenvalue weighted by molar-refractivity contribution is 5.92. The minimum absolute atomic E-state index is 0.352. The standard InChI is InChI=1S/2C12H16O2.C8H7N3/c2*1-6-7(2)9(4)11(12(13)14)10(5)8(6)3;1-4-9-5-2-7(1)8-3-6-10-11-8/h2*1-5H3,(H,13,14);1-6H,(H,10,11). The number of hydrogen-bond donors (Lipinski definition) is 2. The van der Waals surface area contributed by atoms with Gasteiger partial charge in [0.15, 0.2) is 12.4 Å². The summed E-state index contributed by atoms with van der Waals surface area (Å²) >= 11 is 0. The van der Waals surface area contributed by atoms with E-state index in [2.05, 4.69) is 15.2 Å². The van der Waals surface area contributed by atoms with Crippen LogP contribution in [0.1, 0.15) is 76.4 Å². The van der Waals surface area contributed by atoms with Gasteiger partial charge in [-0.1, -0.05) is 0 Å². The maximum absolute atomic E-state index is 11.1. The van der Waals surface area contributed by atoms with Gasteiger partial charge in [0.05, 0.1) is 17.2 Å². The molecule has 0 atom stereocenters. The van der Waals surface area contributed by atoms with Crippen molar-refractivity contribution in [1.29, 1.82) is 0 Å². The quantitative estimate of drug-likeness (QED) is 0.368. The second-order valence-corrected chi connectivity index (χ2v) is 9.85. The maximum Gasteiger partial charge on any atom is 0.336 e. The smallest absolute Gasteiger partial charge is 0.336 e. The largest absolute Gasteiger partial charge is 0.545 e. The Bertz CT molecular complexity index is 1350. The Labute approximate surface area is 231 Å². The molecule has 4 rings (SSSR count). The van der Waals surface area contributed by atoms with E-state index in [9.17, 15) is 14.7 Å². The molecule has 0 fully saturated rings. The lowest BCUT2D eigenvalue weighted by Crippen LogP contribution is -2.25. The number of benzene rings is 2. The summed E-state index contributed by atoms with van der Waals surface area (Å²) in [5, 5.41) is 26.8. The second kappa shape index (κ2) is 13.0. The number of nitrogens with zero attached hydrogens (tertiary/aromatic N) is 1. The lowest BCUT2D eigenvalue weighted by atomic mass is 9.90. The Kier molecular flexibility index (Phi) is 10.3. The molecule has 0 aliphatic heterocycles. The van der Waals surface area contributed by atoms with Crippen LogP contribution in [0.5, 0.6) is 0 Å². The number of hydrogen-bond acceptors (Lipinski definition) is 4. The highest BCUT2D eigenvalue weighted by Crippen LogP contribution is 2.26. The fraction of sp³-hybridized carbons (Fsp3) is 0.312. The van der Waals surface area contributed by atoms with Gasteiger partial charge in [0.1, 0.15) is 0 Å². The van der Waals surface area contributed by atoms with E-state index in [4.69, 9.17) is 5.11 Å². The Morgan fingerprint density at radius 3 is 1.38 bits per heavy atom. The van der Waals surface area contributed by atoms with Crippen molar-refractivity contribution < 1.29 is 24.8 Å². The first-order valence-corrected chi connectivity index (χ1v) is 12.8. The molecule has 0 aliphatic carbocycles. The topological polar surface area (TPSA) is 120 Å². The van der Waals surface area contributed by atoms with E-state index in [0.29, 0.717) is 11.1 Å². The molecule has 4 aromatic rings. The number of carboxylic acids is 2. The lowest BCUT2D eigenvalue weighted by Gasteiger charge is -2.18. The molecule has 2 aromatic carbocycles. The Morgan fingerprint density at radius 2 is 1.05 bits per heavy atom. The van der Waals surface area contributed by atoms with Crippen LogP contribution in [0.25, 0.3) is 11.3 Å². The Morgan fingerprint density at radius 1 is 0.667 bits per heavy atom. The van der Waals surface area contributed by atoms with Crippen LogP contribution in [0.15, 0.2) is 36.8 Å². The molecule has 2 heterocycles. The van der Waals surface area contributed by atoms with Gasteiger partial charge in [-0.2, -0.15) is 5.10 Å². The zero-order valence-electron chi connectivity index (χ0n) is 24.6. The molecule has 0 amide bonds. The van der Waals surface area contributed by atoms with E-state index in [-0.39, 0.29) is 0 Å². The number of carboxylic acid groups (broad SMARTS) is 2. The van der Waals surface area contributed by atoms with Gasteiger partial charge in [0.25, 0.3) is 0 Å². The van der Waals surface area contributed by atoms with E-state index in [1.807, 2.05) is 99.8 Å². The molecule has 0 spiro atoms. The molecular formula is C32H39N3O4. The number of aromatic carboxylic acids is 2. The van der Waals surface area contributed by atoms with Crippen LogP contribution in [0.4, 0.5) is 0 Å². The summed E-state index contributed by atoms with van der Waals surface area (Å²) in [6.45, 7) is 19.3. The second-order valence-electron chi connectivity index (χ2n) is 9.85. The van der Waals surface area contributed by atoms with Crippen LogP contribution < -0.4 is 10.1 Å². The predicted molar refractivity (Wildman–Crippen MR) is 152 cm³/mol. The van der Waals surface area contributed by atoms with Crippen molar-refractivity contribution >= 4 is 11.9 Å². The number of aromatic nitrogens is 3. The minimum Gasteiger partial charge on any atom is -0.545 e. The average Bonchev–Trinajstić information content (AvgIpc) is 3.45. The number of H-pyrrole nitrogens is 2. The van der Waals surface area contributed by atoms with Crippen molar-refractivity contribution in [1.82, 2.24) is 10.2 Å². The molecule has 7 heteroatoms. The van der Waals surface area contributed by atoms with Crippen molar-refractivity contribution in [2.24, 2.45) is 0 Å². The maximum atomic E-state index is 11.1. The predicted octanol–water partition coefficient (Wildman–Crippen LogP) is 5.41. The van der Waals surface area contributed by atoms with Crippen molar-refractivity contribution in [3.8, 4) is 11.3 Å². The fourth-order valence-electron chi connectivity index (χ4n) is 4.61. The van der Waals surface area contributed by atoms with Gasteiger partial charge in [0.2, 0.25) is 0 Å². The summed E-state index contributed by atoms with van der Waals surface area (Å²) in [5.41, 5.74) is 13.1. The fourth-order valence-corrected chi connectivity index (χ4v) is 4.61. The highest BCUT2D eigenvalue weighted by Gasteiger charge is 2.17. The molecule has 0 saturated heterocycles. The summed E-state index contributed by atoms with van der Waals surface area (Å²) < 4.78 is 0. The molecule has 0 unspecified atom stereocenters. The Balaban J connectivity index is 0.000000206. The molecule has 2 aromatic heterocycles. The van der Waals surface area contributed by atoms with Crippen molar-refractivity contribution in [3.63, 3.8) is 0 Å². The number of carbonyl (C=O) groups excluding carboxylic acids is 1. The normalized spacial score (nSPS) is 10.2. The third kappa shape index (κ3) is 6.79. The summed E-state index contributed by atoms with van der Waals surface area (Å²) in [6, 6.07) is 5.93. The van der Waals surface area contributed by atoms with Gasteiger partial charge in [-0.05, 0) is 131 Å². The third-order valence-electron chi connectivity index (χ3n) is 7.95. The number of pyridine rings is 1. The first kappa shape index (κ1) is 31.0. The molecule has 0 bridgehead atoms. The molecule has 0 aliphatic rings. The molecule has 206 valence electrons. The molecular weight excluding hydrogens is 490 g/mol. The van der Waals surface area contributed by atoms with E-state index in [0.717, 1.165) is 55.8 Å². The van der Waals surface area contributed by atoms with E-state index >= 15 is 0 Å². The third-order valence-corrected chi connectivity index (χ3v) is 7.95. The lowest BCUT2D eigenvalue weighted by molar-refractivity contribution is -0.377. The first-order chi connectivity index (χ1) is 18.2. The van der Waals surface area contributed by atoms with Gasteiger partial charge >= 0.3 is 5.97 Å². The number of carbonyl (C=O) groups is 2. The van der Waals surface area contributed by atoms with Gasteiger partial charge in [-0.3, -0.25) is 5.10 Å². The van der Waals surface area contributed by atoms with E-state index < -0.39 is 11.9 Å². The van der Waals surface area contributed by atoms with E-state index in [1.165, 1.54) is 11.1 Å². The van der Waals surface area contributed by atoms with Crippen LogP contribution in [-0.4, -0.2) is 27.2 Å². The van der Waals surface area contributed by atoms with Gasteiger partial charge in [0, 0.05) is 29.5 Å². The summed E-state index contributed by atoms with van der Waals surface area (Å²) in [6.07, 6.45) is 5.51. The van der Waals surface area contributed by atoms with Crippen molar-refractivity contribution in [2.75, 3.05) is 0 Å². The van der Waals surface area contributed by atoms with Gasteiger partial charge in [-0.15, -0.1) is 0 Å². The van der Waals surface area contributed by atoms with Crippen molar-refractivity contribution in [3.05, 3.63) is 104 Å². The zero-order chi connectivity index (χ0) is 29.6. The molecule has 0 radical (unpaired) electrons. The first-order valence-electron chi connectivity index (χ1n) is 12.8. The van der Waals surface area contributed by atoms with E-state index in [1.54, 1.807) is 6.20 Å². The minimum atomic E-state index is -1.08. The zero-order valence-corrected chi connectivity index (χ0v) is 24.6. The summed E-state index contributed by atoms with van der Waals surface area (Å²) in [7, 11) is 0. The molecule has 0 saturated carbocycles. The van der Waals surface area contributed by atoms with Crippen LogP contribution in [0.2, 0.25) is 0 Å². The number of nitrogens with one attached hydrogen (secondary N) is 2.